The van der Waals surface area contributed by atoms with E-state index in [0.29, 0.717) is 48.0 Å². The highest BCUT2D eigenvalue weighted by molar-refractivity contribution is 9.10. The van der Waals surface area contributed by atoms with Gasteiger partial charge in [-0.1, -0.05) is 33.6 Å². The summed E-state index contributed by atoms with van der Waals surface area (Å²) in [6.45, 7) is 7.95. The molecule has 2 amide bonds. The molecule has 31 heavy (non-hydrogen) atoms. The van der Waals surface area contributed by atoms with Gasteiger partial charge in [-0.3, -0.25) is 14.4 Å². The molecule has 1 fully saturated rings. The lowest BCUT2D eigenvalue weighted by Gasteiger charge is -2.34. The van der Waals surface area contributed by atoms with Gasteiger partial charge in [0.15, 0.2) is 0 Å². The minimum absolute atomic E-state index is 0.152. The second kappa shape index (κ2) is 12.7. The molecular formula is C23H33BrN2O5. The third kappa shape index (κ3) is 7.83. The van der Waals surface area contributed by atoms with Gasteiger partial charge in [-0.15, -0.1) is 0 Å². The Kier molecular flexibility index (Phi) is 10.3. The van der Waals surface area contributed by atoms with Crippen LogP contribution in [0.15, 0.2) is 22.7 Å². The van der Waals surface area contributed by atoms with Gasteiger partial charge >= 0.3 is 5.97 Å². The molecule has 0 saturated carbocycles. The number of hydrogen-bond donors (Lipinski definition) is 1. The lowest BCUT2D eigenvalue weighted by molar-refractivity contribution is -0.147. The van der Waals surface area contributed by atoms with E-state index in [4.69, 9.17) is 9.47 Å². The molecule has 0 radical (unpaired) electrons. The van der Waals surface area contributed by atoms with Crippen LogP contribution in [0.5, 0.6) is 5.75 Å². The van der Waals surface area contributed by atoms with Crippen molar-refractivity contribution in [1.82, 2.24) is 10.2 Å². The van der Waals surface area contributed by atoms with E-state index in [-0.39, 0.29) is 18.2 Å². The summed E-state index contributed by atoms with van der Waals surface area (Å²) in [5.74, 6) is 0.109. The number of hydrogen-bond acceptors (Lipinski definition) is 5. The van der Waals surface area contributed by atoms with Crippen molar-refractivity contribution in [1.29, 1.82) is 0 Å². The number of nitrogens with one attached hydrogen (secondary N) is 1. The predicted molar refractivity (Wildman–Crippen MR) is 122 cm³/mol. The normalized spacial score (nSPS) is 16.2. The van der Waals surface area contributed by atoms with Crippen molar-refractivity contribution in [2.75, 3.05) is 26.3 Å². The molecule has 1 aliphatic rings. The van der Waals surface area contributed by atoms with Crippen LogP contribution in [-0.4, -0.2) is 55.0 Å². The molecule has 0 spiro atoms. The second-order valence-electron chi connectivity index (χ2n) is 8.11. The smallest absolute Gasteiger partial charge is 0.308 e. The van der Waals surface area contributed by atoms with E-state index < -0.39 is 12.0 Å². The Balaban J connectivity index is 2.04. The van der Waals surface area contributed by atoms with Crippen LogP contribution in [0.4, 0.5) is 0 Å². The largest absolute Gasteiger partial charge is 0.492 e. The zero-order chi connectivity index (χ0) is 22.8. The molecule has 1 aromatic carbocycles. The predicted octanol–water partition coefficient (Wildman–Crippen LogP) is 3.94. The molecule has 2 rings (SSSR count). The highest BCUT2D eigenvalue weighted by Gasteiger charge is 2.35. The first-order valence-corrected chi connectivity index (χ1v) is 11.8. The first-order chi connectivity index (χ1) is 14.8. The highest BCUT2D eigenvalue weighted by Crippen LogP contribution is 2.27. The van der Waals surface area contributed by atoms with Crippen molar-refractivity contribution in [3.63, 3.8) is 0 Å². The van der Waals surface area contributed by atoms with E-state index in [1.807, 2.05) is 0 Å². The summed E-state index contributed by atoms with van der Waals surface area (Å²) >= 11 is 3.47. The van der Waals surface area contributed by atoms with Crippen molar-refractivity contribution in [2.24, 2.45) is 5.92 Å². The summed E-state index contributed by atoms with van der Waals surface area (Å²) in [6, 6.07) is 4.25. The second-order valence-corrected chi connectivity index (χ2v) is 8.97. The Morgan fingerprint density at radius 1 is 1.26 bits per heavy atom. The summed E-state index contributed by atoms with van der Waals surface area (Å²) in [5.41, 5.74) is 0.430. The molecule has 172 valence electrons. The van der Waals surface area contributed by atoms with Crippen LogP contribution in [0.25, 0.3) is 0 Å². The average Bonchev–Trinajstić information content (AvgIpc) is 2.73. The molecule has 0 aromatic heterocycles. The molecule has 1 aromatic rings. The quantitative estimate of drug-likeness (QED) is 0.370. The van der Waals surface area contributed by atoms with E-state index in [1.165, 1.54) is 4.90 Å². The van der Waals surface area contributed by atoms with Crippen molar-refractivity contribution >= 4 is 33.7 Å². The number of benzene rings is 1. The number of piperazine rings is 1. The highest BCUT2D eigenvalue weighted by atomic mass is 79.9. The minimum Gasteiger partial charge on any atom is -0.492 e. The van der Waals surface area contributed by atoms with Gasteiger partial charge in [0.05, 0.1) is 24.1 Å². The standard InChI is InChI=1S/C23H33BrN2O5/c1-4-5-6-12-31-21(27)15-19-22(28)25-10-11-26(19)23(29)17-7-8-20(18(24)14-17)30-13-9-16(2)3/h7-8,14,16,19H,4-6,9-13,15H2,1-3H3,(H,25,28). The Hall–Kier alpha value is -2.09. The molecule has 1 unspecified atom stereocenters. The van der Waals surface area contributed by atoms with Gasteiger partial charge in [0.2, 0.25) is 5.91 Å². The van der Waals surface area contributed by atoms with Gasteiger partial charge in [-0.25, -0.2) is 0 Å². The van der Waals surface area contributed by atoms with E-state index in [9.17, 15) is 14.4 Å². The molecule has 1 saturated heterocycles. The van der Waals surface area contributed by atoms with Crippen LogP contribution in [0.3, 0.4) is 0 Å². The van der Waals surface area contributed by atoms with E-state index >= 15 is 0 Å². The number of esters is 1. The van der Waals surface area contributed by atoms with Crippen LogP contribution in [-0.2, 0) is 14.3 Å². The van der Waals surface area contributed by atoms with Crippen molar-refractivity contribution in [3.05, 3.63) is 28.2 Å². The summed E-state index contributed by atoms with van der Waals surface area (Å²) in [6.07, 6.45) is 3.59. The Bertz CT molecular complexity index is 768. The van der Waals surface area contributed by atoms with Gasteiger partial charge in [-0.05, 0) is 52.9 Å². The number of ether oxygens (including phenoxy) is 2. The summed E-state index contributed by atoms with van der Waals surface area (Å²) in [4.78, 5) is 39.2. The molecule has 1 N–H and O–H groups in total. The van der Waals surface area contributed by atoms with Gasteiger partial charge in [0, 0.05) is 18.7 Å². The number of nitrogens with zero attached hydrogens (tertiary/aromatic N) is 1. The van der Waals surface area contributed by atoms with Gasteiger partial charge < -0.3 is 19.7 Å². The molecular weight excluding hydrogens is 464 g/mol. The van der Waals surface area contributed by atoms with Crippen molar-refractivity contribution < 1.29 is 23.9 Å². The SMILES string of the molecule is CCCCCOC(=O)CC1C(=O)NCCN1C(=O)c1ccc(OCCC(C)C)c(Br)c1. The van der Waals surface area contributed by atoms with Gasteiger partial charge in [0.25, 0.3) is 5.91 Å². The average molecular weight is 497 g/mol. The molecule has 1 atom stereocenters. The first kappa shape index (κ1) is 25.2. The maximum absolute atomic E-state index is 13.1. The Morgan fingerprint density at radius 3 is 2.71 bits per heavy atom. The number of rotatable bonds is 11. The zero-order valence-corrected chi connectivity index (χ0v) is 20.2. The topological polar surface area (TPSA) is 84.9 Å². The molecule has 0 aliphatic carbocycles. The number of halogens is 1. The van der Waals surface area contributed by atoms with Crippen molar-refractivity contribution in [2.45, 2.75) is 58.9 Å². The fourth-order valence-corrected chi connectivity index (χ4v) is 3.73. The van der Waals surface area contributed by atoms with Crippen LogP contribution in [0.2, 0.25) is 0 Å². The maximum atomic E-state index is 13.1. The Morgan fingerprint density at radius 2 is 2.03 bits per heavy atom. The molecule has 0 bridgehead atoms. The summed E-state index contributed by atoms with van der Waals surface area (Å²) in [7, 11) is 0. The first-order valence-electron chi connectivity index (χ1n) is 11.0. The number of carbonyl (C=O) groups is 3. The molecule has 7 nitrogen and oxygen atoms in total. The van der Waals surface area contributed by atoms with Crippen LogP contribution in [0, 0.1) is 5.92 Å². The van der Waals surface area contributed by atoms with Gasteiger partial charge in [-0.2, -0.15) is 0 Å². The minimum atomic E-state index is -0.874. The maximum Gasteiger partial charge on any atom is 0.308 e. The molecule has 1 aliphatic heterocycles. The zero-order valence-electron chi connectivity index (χ0n) is 18.6. The summed E-state index contributed by atoms with van der Waals surface area (Å²) in [5, 5.41) is 2.73. The number of unbranched alkanes of at least 4 members (excludes halogenated alkanes) is 2. The third-order valence-electron chi connectivity index (χ3n) is 5.09. The number of amides is 2. The van der Waals surface area contributed by atoms with E-state index in [0.717, 1.165) is 25.7 Å². The fraction of sp³-hybridized carbons (Fsp3) is 0.609. The molecule has 8 heteroatoms. The molecule has 1 heterocycles. The van der Waals surface area contributed by atoms with Crippen LogP contribution >= 0.6 is 15.9 Å². The third-order valence-corrected chi connectivity index (χ3v) is 5.71. The van der Waals surface area contributed by atoms with Crippen LogP contribution < -0.4 is 10.1 Å². The monoisotopic (exact) mass is 496 g/mol. The lowest BCUT2D eigenvalue weighted by atomic mass is 10.1. The van der Waals surface area contributed by atoms with Gasteiger partial charge in [0.1, 0.15) is 11.8 Å². The number of carbonyl (C=O) groups excluding carboxylic acids is 3. The van der Waals surface area contributed by atoms with E-state index in [1.54, 1.807) is 18.2 Å². The fourth-order valence-electron chi connectivity index (χ4n) is 3.24. The van der Waals surface area contributed by atoms with E-state index in [2.05, 4.69) is 42.0 Å². The summed E-state index contributed by atoms with van der Waals surface area (Å²) < 4.78 is 11.7. The van der Waals surface area contributed by atoms with Crippen LogP contribution in [0.1, 0.15) is 63.2 Å². The van der Waals surface area contributed by atoms with Crippen molar-refractivity contribution in [3.8, 4) is 5.75 Å². The lowest BCUT2D eigenvalue weighted by Crippen LogP contribution is -2.57. The Labute approximate surface area is 193 Å².